The minimum absolute atomic E-state index is 0.146. The van der Waals surface area contributed by atoms with Gasteiger partial charge in [0.2, 0.25) is 0 Å². The summed E-state index contributed by atoms with van der Waals surface area (Å²) in [4.78, 5) is 4.80. The Balaban J connectivity index is 1.93. The van der Waals surface area contributed by atoms with Gasteiger partial charge in [-0.2, -0.15) is 0 Å². The first-order chi connectivity index (χ1) is 9.45. The molecule has 1 aliphatic rings. The molecule has 1 aliphatic heterocycles. The van der Waals surface area contributed by atoms with Crippen molar-refractivity contribution in [2.24, 2.45) is 5.73 Å². The van der Waals surface area contributed by atoms with E-state index in [1.807, 2.05) is 12.1 Å². The predicted molar refractivity (Wildman–Crippen MR) is 89.4 cm³/mol. The lowest BCUT2D eigenvalue weighted by atomic mass is 9.98. The number of nitrogens with two attached hydrogens (primary N) is 1. The van der Waals surface area contributed by atoms with Gasteiger partial charge in [0.25, 0.3) is 0 Å². The second-order valence-electron chi connectivity index (χ2n) is 5.83. The van der Waals surface area contributed by atoms with Crippen molar-refractivity contribution in [1.82, 2.24) is 9.80 Å². The summed E-state index contributed by atoms with van der Waals surface area (Å²) in [5.74, 6) is 0. The van der Waals surface area contributed by atoms with Gasteiger partial charge < -0.3 is 15.5 Å². The van der Waals surface area contributed by atoms with Gasteiger partial charge in [-0.25, -0.2) is 0 Å². The third kappa shape index (κ3) is 4.43. The molecule has 1 saturated heterocycles. The van der Waals surface area contributed by atoms with Crippen LogP contribution in [0.3, 0.4) is 0 Å². The van der Waals surface area contributed by atoms with Crippen LogP contribution in [0.25, 0.3) is 0 Å². The maximum Gasteiger partial charge on any atom is 0.0449 e. The molecule has 1 heterocycles. The van der Waals surface area contributed by atoms with Crippen molar-refractivity contribution in [3.8, 4) is 0 Å². The average Bonchev–Trinajstić information content (AvgIpc) is 2.37. The molecule has 0 amide bonds. The van der Waals surface area contributed by atoms with Crippen LogP contribution in [0.5, 0.6) is 0 Å². The standard InChI is InChI=1S/C15H23BrClN3/c1-19-5-6-20(2)14(10-19)9-13(18)7-11-3-4-12(16)8-15(11)17/h3-4,8,13-14H,5-7,9-10,18H2,1-2H3. The molecule has 0 aromatic heterocycles. The SMILES string of the molecule is CN1CCN(C)C(CC(N)Cc2ccc(Br)cc2Cl)C1. The largest absolute Gasteiger partial charge is 0.327 e. The number of hydrogen-bond donors (Lipinski definition) is 1. The molecule has 2 atom stereocenters. The monoisotopic (exact) mass is 359 g/mol. The second kappa shape index (κ2) is 7.23. The summed E-state index contributed by atoms with van der Waals surface area (Å²) in [6, 6.07) is 6.70. The van der Waals surface area contributed by atoms with Crippen LogP contribution in [0.2, 0.25) is 5.02 Å². The minimum atomic E-state index is 0.146. The fourth-order valence-corrected chi connectivity index (χ4v) is 3.51. The fourth-order valence-electron chi connectivity index (χ4n) is 2.76. The van der Waals surface area contributed by atoms with E-state index in [-0.39, 0.29) is 6.04 Å². The van der Waals surface area contributed by atoms with Crippen molar-refractivity contribution in [1.29, 1.82) is 0 Å². The Kier molecular flexibility index (Phi) is 5.87. The summed E-state index contributed by atoms with van der Waals surface area (Å²) in [6.45, 7) is 3.35. The highest BCUT2D eigenvalue weighted by molar-refractivity contribution is 9.10. The van der Waals surface area contributed by atoms with Gasteiger partial charge in [0.15, 0.2) is 0 Å². The molecule has 1 aromatic carbocycles. The lowest BCUT2D eigenvalue weighted by Crippen LogP contribution is -2.51. The van der Waals surface area contributed by atoms with Crippen molar-refractivity contribution in [3.05, 3.63) is 33.3 Å². The van der Waals surface area contributed by atoms with Gasteiger partial charge >= 0.3 is 0 Å². The van der Waals surface area contributed by atoms with E-state index in [1.165, 1.54) is 0 Å². The molecular weight excluding hydrogens is 338 g/mol. The molecule has 0 spiro atoms. The van der Waals surface area contributed by atoms with Crippen LogP contribution in [0, 0.1) is 0 Å². The molecule has 20 heavy (non-hydrogen) atoms. The third-order valence-electron chi connectivity index (χ3n) is 4.05. The molecule has 5 heteroatoms. The quantitative estimate of drug-likeness (QED) is 0.896. The van der Waals surface area contributed by atoms with Crippen molar-refractivity contribution in [2.75, 3.05) is 33.7 Å². The number of likely N-dealkylation sites (N-methyl/N-ethyl adjacent to an activating group) is 2. The molecule has 2 rings (SSSR count). The highest BCUT2D eigenvalue weighted by Gasteiger charge is 2.24. The van der Waals surface area contributed by atoms with Crippen molar-refractivity contribution in [2.45, 2.75) is 24.9 Å². The zero-order valence-electron chi connectivity index (χ0n) is 12.1. The maximum atomic E-state index is 6.34. The number of nitrogens with zero attached hydrogens (tertiary/aromatic N) is 2. The van der Waals surface area contributed by atoms with Crippen LogP contribution in [0.1, 0.15) is 12.0 Å². The molecule has 3 nitrogen and oxygen atoms in total. The van der Waals surface area contributed by atoms with Gasteiger partial charge in [-0.15, -0.1) is 0 Å². The van der Waals surface area contributed by atoms with Crippen LogP contribution in [0.15, 0.2) is 22.7 Å². The van der Waals surface area contributed by atoms with E-state index in [4.69, 9.17) is 17.3 Å². The first kappa shape index (κ1) is 16.2. The Bertz CT molecular complexity index is 455. The van der Waals surface area contributed by atoms with Crippen LogP contribution >= 0.6 is 27.5 Å². The summed E-state index contributed by atoms with van der Waals surface area (Å²) in [6.07, 6.45) is 1.84. The molecule has 0 aliphatic carbocycles. The summed E-state index contributed by atoms with van der Waals surface area (Å²) >= 11 is 9.69. The molecule has 1 fully saturated rings. The van der Waals surface area contributed by atoms with Gasteiger partial charge in [0, 0.05) is 41.2 Å². The summed E-state index contributed by atoms with van der Waals surface area (Å²) in [7, 11) is 4.37. The zero-order valence-corrected chi connectivity index (χ0v) is 14.5. The molecule has 0 radical (unpaired) electrons. The predicted octanol–water partition coefficient (Wildman–Crippen LogP) is 2.61. The van der Waals surface area contributed by atoms with Gasteiger partial charge in [-0.05, 0) is 44.6 Å². The number of rotatable bonds is 4. The first-order valence-corrected chi connectivity index (χ1v) is 8.21. The highest BCUT2D eigenvalue weighted by Crippen LogP contribution is 2.23. The number of halogens is 2. The molecule has 2 N–H and O–H groups in total. The van der Waals surface area contributed by atoms with Gasteiger partial charge in [0.05, 0.1) is 0 Å². The van der Waals surface area contributed by atoms with Crippen molar-refractivity contribution >= 4 is 27.5 Å². The van der Waals surface area contributed by atoms with E-state index in [9.17, 15) is 0 Å². The molecule has 0 saturated carbocycles. The van der Waals surface area contributed by atoms with Gasteiger partial charge in [0.1, 0.15) is 0 Å². The maximum absolute atomic E-state index is 6.34. The lowest BCUT2D eigenvalue weighted by molar-refractivity contribution is 0.104. The van der Waals surface area contributed by atoms with Gasteiger partial charge in [-0.1, -0.05) is 33.6 Å². The molecular formula is C15H23BrClN3. The Labute approximate surface area is 135 Å². The number of benzene rings is 1. The van der Waals surface area contributed by atoms with E-state index in [2.05, 4.69) is 45.9 Å². The zero-order chi connectivity index (χ0) is 14.7. The van der Waals surface area contributed by atoms with Crippen LogP contribution in [0.4, 0.5) is 0 Å². The molecule has 112 valence electrons. The Hall–Kier alpha value is -0.130. The minimum Gasteiger partial charge on any atom is -0.327 e. The fraction of sp³-hybridized carbons (Fsp3) is 0.600. The van der Waals surface area contributed by atoms with E-state index >= 15 is 0 Å². The number of piperazine rings is 1. The van der Waals surface area contributed by atoms with Crippen molar-refractivity contribution in [3.63, 3.8) is 0 Å². The van der Waals surface area contributed by atoms with Crippen LogP contribution in [-0.2, 0) is 6.42 Å². The normalized spacial score (nSPS) is 22.9. The second-order valence-corrected chi connectivity index (χ2v) is 7.16. The van der Waals surface area contributed by atoms with E-state index in [1.54, 1.807) is 0 Å². The van der Waals surface area contributed by atoms with E-state index in [0.717, 1.165) is 47.5 Å². The van der Waals surface area contributed by atoms with Crippen LogP contribution < -0.4 is 5.73 Å². The van der Waals surface area contributed by atoms with Crippen molar-refractivity contribution < 1.29 is 0 Å². The Morgan fingerprint density at radius 2 is 2.15 bits per heavy atom. The lowest BCUT2D eigenvalue weighted by Gasteiger charge is -2.38. The first-order valence-electron chi connectivity index (χ1n) is 7.04. The van der Waals surface area contributed by atoms with Crippen LogP contribution in [-0.4, -0.2) is 55.6 Å². The summed E-state index contributed by atoms with van der Waals surface area (Å²) in [5.41, 5.74) is 7.47. The Morgan fingerprint density at radius 3 is 2.85 bits per heavy atom. The third-order valence-corrected chi connectivity index (χ3v) is 4.90. The summed E-state index contributed by atoms with van der Waals surface area (Å²) < 4.78 is 1.01. The topological polar surface area (TPSA) is 32.5 Å². The average molecular weight is 361 g/mol. The number of hydrogen-bond acceptors (Lipinski definition) is 3. The molecule has 2 unspecified atom stereocenters. The van der Waals surface area contributed by atoms with E-state index < -0.39 is 0 Å². The molecule has 1 aromatic rings. The highest BCUT2D eigenvalue weighted by atomic mass is 79.9. The van der Waals surface area contributed by atoms with E-state index in [0.29, 0.717) is 6.04 Å². The Morgan fingerprint density at radius 1 is 1.40 bits per heavy atom. The summed E-state index contributed by atoms with van der Waals surface area (Å²) in [5, 5.41) is 0.795. The van der Waals surface area contributed by atoms with Gasteiger partial charge in [-0.3, -0.25) is 0 Å². The smallest absolute Gasteiger partial charge is 0.0449 e. The molecule has 0 bridgehead atoms.